The summed E-state index contributed by atoms with van der Waals surface area (Å²) in [6, 6.07) is 11.1. The standard InChI is InChI=1S/C14H19NO2/c1-16-14(17-2)8-13(9-14)10-15-12(13)11-6-4-3-5-7-11/h3-7,12,15H,8-10H2,1-2H3/t12-/m0/s1. The molecule has 2 fully saturated rings. The van der Waals surface area contributed by atoms with Crippen LogP contribution in [0.25, 0.3) is 0 Å². The summed E-state index contributed by atoms with van der Waals surface area (Å²) in [6.45, 7) is 1.07. The summed E-state index contributed by atoms with van der Waals surface area (Å²) in [6.07, 6.45) is 1.97. The van der Waals surface area contributed by atoms with Crippen molar-refractivity contribution in [1.82, 2.24) is 5.32 Å². The van der Waals surface area contributed by atoms with Gasteiger partial charge in [0.25, 0.3) is 0 Å². The van der Waals surface area contributed by atoms with Gasteiger partial charge in [-0.15, -0.1) is 0 Å². The zero-order chi connectivity index (χ0) is 11.9. The number of nitrogens with one attached hydrogen (secondary N) is 1. The lowest BCUT2D eigenvalue weighted by Crippen LogP contribution is -2.69. The molecule has 1 heterocycles. The smallest absolute Gasteiger partial charge is 0.168 e. The first-order valence-corrected chi connectivity index (χ1v) is 6.12. The average molecular weight is 233 g/mol. The van der Waals surface area contributed by atoms with Crippen molar-refractivity contribution in [3.8, 4) is 0 Å². The molecule has 1 spiro atoms. The molecule has 3 heteroatoms. The van der Waals surface area contributed by atoms with Crippen LogP contribution in [0.1, 0.15) is 24.4 Å². The molecule has 0 radical (unpaired) electrons. The molecular formula is C14H19NO2. The molecule has 1 aromatic rings. The Bertz CT molecular complexity index is 392. The van der Waals surface area contributed by atoms with Crippen LogP contribution in [-0.4, -0.2) is 26.6 Å². The number of rotatable bonds is 3. The fourth-order valence-corrected chi connectivity index (χ4v) is 3.33. The van der Waals surface area contributed by atoms with Gasteiger partial charge in [0.05, 0.1) is 0 Å². The fourth-order valence-electron chi connectivity index (χ4n) is 3.33. The second-order valence-electron chi connectivity index (χ2n) is 5.26. The van der Waals surface area contributed by atoms with Gasteiger partial charge in [0.1, 0.15) is 0 Å². The van der Waals surface area contributed by atoms with Crippen molar-refractivity contribution in [1.29, 1.82) is 0 Å². The van der Waals surface area contributed by atoms with Gasteiger partial charge in [0, 0.05) is 45.1 Å². The first kappa shape index (κ1) is 11.2. The third-order valence-corrected chi connectivity index (χ3v) is 4.39. The van der Waals surface area contributed by atoms with Crippen LogP contribution in [0.2, 0.25) is 0 Å². The lowest BCUT2D eigenvalue weighted by atomic mass is 9.54. The van der Waals surface area contributed by atoms with Gasteiger partial charge < -0.3 is 14.8 Å². The van der Waals surface area contributed by atoms with Crippen molar-refractivity contribution in [3.05, 3.63) is 35.9 Å². The Hall–Kier alpha value is -0.900. The highest BCUT2D eigenvalue weighted by molar-refractivity contribution is 5.28. The molecule has 0 amide bonds. The molecule has 1 saturated carbocycles. The van der Waals surface area contributed by atoms with Gasteiger partial charge in [-0.3, -0.25) is 0 Å². The third-order valence-electron chi connectivity index (χ3n) is 4.39. The monoisotopic (exact) mass is 233 g/mol. The molecule has 3 nitrogen and oxygen atoms in total. The molecule has 0 aromatic heterocycles. The van der Waals surface area contributed by atoms with Crippen LogP contribution in [0.4, 0.5) is 0 Å². The van der Waals surface area contributed by atoms with E-state index in [-0.39, 0.29) is 5.79 Å². The van der Waals surface area contributed by atoms with E-state index in [1.54, 1.807) is 14.2 Å². The summed E-state index contributed by atoms with van der Waals surface area (Å²) < 4.78 is 11.0. The molecule has 0 bridgehead atoms. The van der Waals surface area contributed by atoms with Gasteiger partial charge in [-0.05, 0) is 5.56 Å². The van der Waals surface area contributed by atoms with Crippen LogP contribution in [-0.2, 0) is 9.47 Å². The van der Waals surface area contributed by atoms with E-state index in [4.69, 9.17) is 9.47 Å². The first-order chi connectivity index (χ1) is 8.24. The Kier molecular flexibility index (Phi) is 2.51. The minimum absolute atomic E-state index is 0.338. The van der Waals surface area contributed by atoms with Gasteiger partial charge in [-0.2, -0.15) is 0 Å². The van der Waals surface area contributed by atoms with Crippen molar-refractivity contribution in [3.63, 3.8) is 0 Å². The Morgan fingerprint density at radius 3 is 2.24 bits per heavy atom. The molecular weight excluding hydrogens is 214 g/mol. The van der Waals surface area contributed by atoms with Crippen LogP contribution >= 0.6 is 0 Å². The van der Waals surface area contributed by atoms with Gasteiger partial charge in [0.15, 0.2) is 5.79 Å². The molecule has 1 aliphatic heterocycles. The average Bonchev–Trinajstić information content (AvgIpc) is 2.29. The van der Waals surface area contributed by atoms with Crippen LogP contribution in [0, 0.1) is 5.41 Å². The largest absolute Gasteiger partial charge is 0.353 e. The lowest BCUT2D eigenvalue weighted by Gasteiger charge is -2.63. The van der Waals surface area contributed by atoms with E-state index in [1.807, 2.05) is 0 Å². The fraction of sp³-hybridized carbons (Fsp3) is 0.571. The molecule has 1 aliphatic carbocycles. The van der Waals surface area contributed by atoms with E-state index < -0.39 is 0 Å². The van der Waals surface area contributed by atoms with E-state index in [9.17, 15) is 0 Å². The zero-order valence-electron chi connectivity index (χ0n) is 10.4. The van der Waals surface area contributed by atoms with Gasteiger partial charge in [0.2, 0.25) is 0 Å². The molecule has 0 unspecified atom stereocenters. The lowest BCUT2D eigenvalue weighted by molar-refractivity contribution is -0.315. The second kappa shape index (κ2) is 3.80. The molecule has 1 atom stereocenters. The van der Waals surface area contributed by atoms with Crippen molar-refractivity contribution < 1.29 is 9.47 Å². The molecule has 1 saturated heterocycles. The normalized spacial score (nSPS) is 28.5. The SMILES string of the molecule is COC1(OC)CC2(CN[C@H]2c2ccccc2)C1. The highest BCUT2D eigenvalue weighted by Gasteiger charge is 2.63. The van der Waals surface area contributed by atoms with Gasteiger partial charge >= 0.3 is 0 Å². The van der Waals surface area contributed by atoms with Crippen molar-refractivity contribution in [2.45, 2.75) is 24.7 Å². The zero-order valence-corrected chi connectivity index (χ0v) is 10.4. The second-order valence-corrected chi connectivity index (χ2v) is 5.26. The van der Waals surface area contributed by atoms with E-state index in [1.165, 1.54) is 5.56 Å². The number of methoxy groups -OCH3 is 2. The predicted molar refractivity (Wildman–Crippen MR) is 65.6 cm³/mol. The summed E-state index contributed by atoms with van der Waals surface area (Å²) in [4.78, 5) is 0. The number of hydrogen-bond donors (Lipinski definition) is 1. The number of hydrogen-bond acceptors (Lipinski definition) is 3. The summed E-state index contributed by atoms with van der Waals surface area (Å²) in [5.41, 5.74) is 1.72. The Labute approximate surface area is 102 Å². The Morgan fingerprint density at radius 1 is 1.12 bits per heavy atom. The quantitative estimate of drug-likeness (QED) is 0.811. The number of ether oxygens (including phenoxy) is 2. The topological polar surface area (TPSA) is 30.5 Å². The summed E-state index contributed by atoms with van der Waals surface area (Å²) >= 11 is 0. The maximum atomic E-state index is 5.49. The summed E-state index contributed by atoms with van der Waals surface area (Å²) in [7, 11) is 3.47. The minimum atomic E-state index is -0.338. The minimum Gasteiger partial charge on any atom is -0.353 e. The van der Waals surface area contributed by atoms with E-state index >= 15 is 0 Å². The molecule has 1 N–H and O–H groups in total. The first-order valence-electron chi connectivity index (χ1n) is 6.12. The van der Waals surface area contributed by atoms with Crippen molar-refractivity contribution in [2.24, 2.45) is 5.41 Å². The maximum absolute atomic E-state index is 5.49. The molecule has 1 aromatic carbocycles. The highest BCUT2D eigenvalue weighted by Crippen LogP contribution is 2.60. The van der Waals surface area contributed by atoms with Crippen LogP contribution < -0.4 is 5.32 Å². The summed E-state index contributed by atoms with van der Waals surface area (Å²) in [5, 5.41) is 3.53. The number of benzene rings is 1. The predicted octanol–water partition coefficient (Wildman–Crippen LogP) is 2.10. The third kappa shape index (κ3) is 1.53. The van der Waals surface area contributed by atoms with Crippen molar-refractivity contribution >= 4 is 0 Å². The van der Waals surface area contributed by atoms with Crippen LogP contribution in [0.3, 0.4) is 0 Å². The highest BCUT2D eigenvalue weighted by atomic mass is 16.7. The van der Waals surface area contributed by atoms with E-state index in [0.717, 1.165) is 19.4 Å². The maximum Gasteiger partial charge on any atom is 0.168 e. The van der Waals surface area contributed by atoms with E-state index in [0.29, 0.717) is 11.5 Å². The van der Waals surface area contributed by atoms with Gasteiger partial charge in [-0.1, -0.05) is 30.3 Å². The Balaban J connectivity index is 1.76. The molecule has 3 rings (SSSR count). The molecule has 92 valence electrons. The van der Waals surface area contributed by atoms with Crippen molar-refractivity contribution in [2.75, 3.05) is 20.8 Å². The van der Waals surface area contributed by atoms with E-state index in [2.05, 4.69) is 35.6 Å². The summed E-state index contributed by atoms with van der Waals surface area (Å²) in [5.74, 6) is -0.338. The van der Waals surface area contributed by atoms with Crippen LogP contribution in [0.15, 0.2) is 30.3 Å². The molecule has 2 aliphatic rings. The molecule has 17 heavy (non-hydrogen) atoms. The Morgan fingerprint density at radius 2 is 1.76 bits per heavy atom. The van der Waals surface area contributed by atoms with Crippen LogP contribution in [0.5, 0.6) is 0 Å². The van der Waals surface area contributed by atoms with Gasteiger partial charge in [-0.25, -0.2) is 0 Å².